The normalized spacial score (nSPS) is 17.9. The van der Waals surface area contributed by atoms with Crippen LogP contribution in [0, 0.1) is 0 Å². The van der Waals surface area contributed by atoms with Gasteiger partial charge in [-0.05, 0) is 56.3 Å². The van der Waals surface area contributed by atoms with Crippen LogP contribution < -0.4 is 15.4 Å². The molecule has 0 bridgehead atoms. The third-order valence-corrected chi connectivity index (χ3v) is 5.05. The van der Waals surface area contributed by atoms with E-state index in [9.17, 15) is 0 Å². The molecule has 1 fully saturated rings. The standard InChI is InChI=1S/C20H30N6O/c1-4-25-12-5-6-18(25)15-23-20(21-2)22-14-16-11-13-26(24-16)17-7-9-19(27-3)10-8-17/h7-11,13,18H,4-6,12,14-15H2,1-3H3,(H2,21,22,23). The van der Waals surface area contributed by atoms with E-state index in [4.69, 9.17) is 4.74 Å². The van der Waals surface area contributed by atoms with Crippen LogP contribution >= 0.6 is 0 Å². The third-order valence-electron chi connectivity index (χ3n) is 5.05. The van der Waals surface area contributed by atoms with E-state index >= 15 is 0 Å². The number of likely N-dealkylation sites (tertiary alicyclic amines) is 1. The number of aliphatic imine (C=N–C) groups is 1. The fourth-order valence-electron chi connectivity index (χ4n) is 3.49. The van der Waals surface area contributed by atoms with Gasteiger partial charge >= 0.3 is 0 Å². The van der Waals surface area contributed by atoms with Crippen LogP contribution in [-0.2, 0) is 6.54 Å². The van der Waals surface area contributed by atoms with Gasteiger partial charge in [0.1, 0.15) is 5.75 Å². The molecule has 3 rings (SSSR count). The summed E-state index contributed by atoms with van der Waals surface area (Å²) in [6, 6.07) is 10.5. The molecule has 0 amide bonds. The largest absolute Gasteiger partial charge is 0.497 e. The number of nitrogens with zero attached hydrogens (tertiary/aromatic N) is 4. The van der Waals surface area contributed by atoms with Crippen molar-refractivity contribution in [1.82, 2.24) is 25.3 Å². The Morgan fingerprint density at radius 1 is 1.26 bits per heavy atom. The van der Waals surface area contributed by atoms with Gasteiger partial charge in [0, 0.05) is 25.8 Å². The van der Waals surface area contributed by atoms with E-state index in [0.29, 0.717) is 12.6 Å². The summed E-state index contributed by atoms with van der Waals surface area (Å²) >= 11 is 0. The van der Waals surface area contributed by atoms with Crippen molar-refractivity contribution in [3.8, 4) is 11.4 Å². The van der Waals surface area contributed by atoms with Crippen molar-refractivity contribution < 1.29 is 4.74 Å². The number of nitrogens with one attached hydrogen (secondary N) is 2. The zero-order chi connectivity index (χ0) is 19.1. The van der Waals surface area contributed by atoms with Gasteiger partial charge in [0.05, 0.1) is 25.0 Å². The molecule has 0 spiro atoms. The Morgan fingerprint density at radius 3 is 2.78 bits per heavy atom. The Bertz CT molecular complexity index is 739. The Kier molecular flexibility index (Phi) is 6.70. The molecule has 0 radical (unpaired) electrons. The van der Waals surface area contributed by atoms with Crippen molar-refractivity contribution in [2.45, 2.75) is 32.4 Å². The van der Waals surface area contributed by atoms with Crippen molar-refractivity contribution in [3.63, 3.8) is 0 Å². The van der Waals surface area contributed by atoms with Gasteiger partial charge in [-0.2, -0.15) is 5.10 Å². The lowest BCUT2D eigenvalue weighted by Gasteiger charge is -2.23. The average Bonchev–Trinajstić information content (AvgIpc) is 3.37. The quantitative estimate of drug-likeness (QED) is 0.577. The van der Waals surface area contributed by atoms with E-state index < -0.39 is 0 Å². The molecule has 1 unspecified atom stereocenters. The molecule has 2 aromatic rings. The van der Waals surface area contributed by atoms with E-state index in [-0.39, 0.29) is 0 Å². The minimum atomic E-state index is 0.600. The Labute approximate surface area is 161 Å². The van der Waals surface area contributed by atoms with Crippen molar-refractivity contribution in [2.24, 2.45) is 4.99 Å². The monoisotopic (exact) mass is 370 g/mol. The van der Waals surface area contributed by atoms with Gasteiger partial charge in [0.15, 0.2) is 5.96 Å². The summed E-state index contributed by atoms with van der Waals surface area (Å²) in [5.41, 5.74) is 1.97. The summed E-state index contributed by atoms with van der Waals surface area (Å²) in [5.74, 6) is 1.66. The summed E-state index contributed by atoms with van der Waals surface area (Å²) < 4.78 is 7.06. The zero-order valence-electron chi connectivity index (χ0n) is 16.5. The first-order chi connectivity index (χ1) is 13.2. The van der Waals surface area contributed by atoms with Crippen LogP contribution in [0.3, 0.4) is 0 Å². The number of hydrogen-bond acceptors (Lipinski definition) is 4. The lowest BCUT2D eigenvalue weighted by Crippen LogP contribution is -2.44. The predicted molar refractivity (Wildman–Crippen MR) is 109 cm³/mol. The molecule has 1 aliphatic heterocycles. The minimum Gasteiger partial charge on any atom is -0.497 e. The molecule has 7 heteroatoms. The summed E-state index contributed by atoms with van der Waals surface area (Å²) in [7, 11) is 3.47. The highest BCUT2D eigenvalue weighted by atomic mass is 16.5. The first-order valence-corrected chi connectivity index (χ1v) is 9.61. The number of aromatic nitrogens is 2. The van der Waals surface area contributed by atoms with Crippen LogP contribution in [0.15, 0.2) is 41.5 Å². The van der Waals surface area contributed by atoms with Crippen LogP contribution in [0.25, 0.3) is 5.69 Å². The molecule has 1 aromatic carbocycles. The Hall–Kier alpha value is -2.54. The van der Waals surface area contributed by atoms with E-state index in [1.807, 2.05) is 41.2 Å². The van der Waals surface area contributed by atoms with Gasteiger partial charge in [-0.15, -0.1) is 0 Å². The van der Waals surface area contributed by atoms with Crippen LogP contribution in [0.5, 0.6) is 5.75 Å². The van der Waals surface area contributed by atoms with Crippen LogP contribution in [0.4, 0.5) is 0 Å². The maximum absolute atomic E-state index is 5.20. The lowest BCUT2D eigenvalue weighted by molar-refractivity contribution is 0.267. The van der Waals surface area contributed by atoms with Crippen molar-refractivity contribution in [3.05, 3.63) is 42.2 Å². The fourth-order valence-corrected chi connectivity index (χ4v) is 3.49. The molecule has 1 aliphatic rings. The van der Waals surface area contributed by atoms with Gasteiger partial charge < -0.3 is 15.4 Å². The SMILES string of the molecule is CCN1CCCC1CNC(=NC)NCc1ccn(-c2ccc(OC)cc2)n1. The second-order valence-electron chi connectivity index (χ2n) is 6.68. The first kappa shape index (κ1) is 19.2. The van der Waals surface area contributed by atoms with Crippen LogP contribution in [0.2, 0.25) is 0 Å². The van der Waals surface area contributed by atoms with E-state index in [2.05, 4.69) is 32.5 Å². The molecule has 2 N–H and O–H groups in total. The summed E-state index contributed by atoms with van der Waals surface area (Å²) in [5, 5.41) is 11.4. The number of ether oxygens (including phenoxy) is 1. The van der Waals surface area contributed by atoms with E-state index in [1.165, 1.54) is 19.4 Å². The number of hydrogen-bond donors (Lipinski definition) is 2. The zero-order valence-corrected chi connectivity index (χ0v) is 16.5. The average molecular weight is 371 g/mol. The highest BCUT2D eigenvalue weighted by molar-refractivity contribution is 5.79. The molecule has 0 aliphatic carbocycles. The second kappa shape index (κ2) is 9.41. The smallest absolute Gasteiger partial charge is 0.191 e. The number of likely N-dealkylation sites (N-methyl/N-ethyl adjacent to an activating group) is 1. The molecule has 1 atom stereocenters. The highest BCUT2D eigenvalue weighted by Crippen LogP contribution is 2.16. The molecule has 1 aromatic heterocycles. The van der Waals surface area contributed by atoms with Crippen molar-refractivity contribution in [2.75, 3.05) is 33.8 Å². The minimum absolute atomic E-state index is 0.600. The fraction of sp³-hybridized carbons (Fsp3) is 0.500. The molecule has 27 heavy (non-hydrogen) atoms. The Morgan fingerprint density at radius 2 is 2.07 bits per heavy atom. The first-order valence-electron chi connectivity index (χ1n) is 9.61. The van der Waals surface area contributed by atoms with Crippen LogP contribution in [-0.4, -0.2) is 60.5 Å². The van der Waals surface area contributed by atoms with Gasteiger partial charge in [-0.3, -0.25) is 9.89 Å². The number of methoxy groups -OCH3 is 1. The molecular weight excluding hydrogens is 340 g/mol. The molecule has 0 saturated carbocycles. The lowest BCUT2D eigenvalue weighted by atomic mass is 10.2. The third kappa shape index (κ3) is 5.01. The maximum atomic E-state index is 5.20. The Balaban J connectivity index is 1.50. The molecule has 1 saturated heterocycles. The molecule has 2 heterocycles. The number of guanidine groups is 1. The molecule has 146 valence electrons. The van der Waals surface area contributed by atoms with E-state index in [1.54, 1.807) is 14.2 Å². The molecular formula is C20H30N6O. The topological polar surface area (TPSA) is 66.7 Å². The summed E-state index contributed by atoms with van der Waals surface area (Å²) in [4.78, 5) is 6.85. The second-order valence-corrected chi connectivity index (χ2v) is 6.68. The number of benzene rings is 1. The van der Waals surface area contributed by atoms with Crippen LogP contribution in [0.1, 0.15) is 25.5 Å². The number of rotatable bonds is 7. The maximum Gasteiger partial charge on any atom is 0.191 e. The predicted octanol–water partition coefficient (Wildman–Crippen LogP) is 2.03. The van der Waals surface area contributed by atoms with Crippen molar-refractivity contribution >= 4 is 5.96 Å². The van der Waals surface area contributed by atoms with Gasteiger partial charge in [-0.1, -0.05) is 6.92 Å². The highest BCUT2D eigenvalue weighted by Gasteiger charge is 2.22. The van der Waals surface area contributed by atoms with Gasteiger partial charge in [0.25, 0.3) is 0 Å². The molecule has 7 nitrogen and oxygen atoms in total. The summed E-state index contributed by atoms with van der Waals surface area (Å²) in [6.07, 6.45) is 4.51. The summed E-state index contributed by atoms with van der Waals surface area (Å²) in [6.45, 7) is 6.10. The van der Waals surface area contributed by atoms with Gasteiger partial charge in [-0.25, -0.2) is 4.68 Å². The van der Waals surface area contributed by atoms with E-state index in [0.717, 1.165) is 36.2 Å². The van der Waals surface area contributed by atoms with Crippen molar-refractivity contribution in [1.29, 1.82) is 0 Å². The van der Waals surface area contributed by atoms with Gasteiger partial charge in [0.2, 0.25) is 0 Å².